The fourth-order valence-corrected chi connectivity index (χ4v) is 1.91. The Labute approximate surface area is 99.0 Å². The van der Waals surface area contributed by atoms with E-state index in [2.05, 4.69) is 37.4 Å². The number of nitrogens with one attached hydrogen (secondary N) is 1. The second kappa shape index (κ2) is 7.29. The Balaban J connectivity index is 2.77. The largest absolute Gasteiger partial charge is 0.494 e. The van der Waals surface area contributed by atoms with Crippen LogP contribution in [0.15, 0.2) is 24.3 Å². The van der Waals surface area contributed by atoms with Gasteiger partial charge in [-0.2, -0.15) is 0 Å². The van der Waals surface area contributed by atoms with Crippen LogP contribution < -0.4 is 10.1 Å². The second-order valence-corrected chi connectivity index (χ2v) is 3.90. The maximum Gasteiger partial charge on any atom is 0.119 e. The average Bonchev–Trinajstić information content (AvgIpc) is 2.30. The lowest BCUT2D eigenvalue weighted by atomic mass is 10.0. The van der Waals surface area contributed by atoms with E-state index in [0.29, 0.717) is 6.04 Å². The smallest absolute Gasteiger partial charge is 0.119 e. The van der Waals surface area contributed by atoms with Crippen LogP contribution in [0.5, 0.6) is 5.75 Å². The molecule has 1 atom stereocenters. The van der Waals surface area contributed by atoms with Crippen molar-refractivity contribution in [3.8, 4) is 5.75 Å². The Morgan fingerprint density at radius 2 is 2.06 bits per heavy atom. The van der Waals surface area contributed by atoms with E-state index in [1.54, 1.807) is 0 Å². The van der Waals surface area contributed by atoms with E-state index in [1.165, 1.54) is 18.4 Å². The third-order valence-electron chi connectivity index (χ3n) is 2.60. The summed E-state index contributed by atoms with van der Waals surface area (Å²) < 4.78 is 5.53. The molecule has 0 aliphatic heterocycles. The topological polar surface area (TPSA) is 21.3 Å². The van der Waals surface area contributed by atoms with E-state index in [9.17, 15) is 0 Å². The van der Waals surface area contributed by atoms with Crippen molar-refractivity contribution in [2.24, 2.45) is 0 Å². The second-order valence-electron chi connectivity index (χ2n) is 3.90. The Bertz CT molecular complexity index is 293. The Kier molecular flexibility index (Phi) is 5.94. The number of hydrogen-bond donors (Lipinski definition) is 1. The van der Waals surface area contributed by atoms with Crippen LogP contribution in [0.2, 0.25) is 0 Å². The van der Waals surface area contributed by atoms with Crippen molar-refractivity contribution >= 4 is 0 Å². The maximum absolute atomic E-state index is 5.53. The molecular formula is C14H23NO. The normalized spacial score (nSPS) is 12.4. The van der Waals surface area contributed by atoms with Gasteiger partial charge in [-0.1, -0.05) is 32.4 Å². The maximum atomic E-state index is 5.53. The highest BCUT2D eigenvalue weighted by atomic mass is 16.5. The number of rotatable bonds is 7. The van der Waals surface area contributed by atoms with Crippen LogP contribution in [0, 0.1) is 0 Å². The van der Waals surface area contributed by atoms with Crippen LogP contribution in [0.3, 0.4) is 0 Å². The summed E-state index contributed by atoms with van der Waals surface area (Å²) in [7, 11) is 0. The monoisotopic (exact) mass is 221 g/mol. The van der Waals surface area contributed by atoms with Gasteiger partial charge in [-0.3, -0.25) is 0 Å². The first kappa shape index (κ1) is 13.0. The summed E-state index contributed by atoms with van der Waals surface area (Å²) in [6, 6.07) is 8.86. The Hall–Kier alpha value is -1.02. The van der Waals surface area contributed by atoms with E-state index in [1.807, 2.05) is 13.0 Å². The summed E-state index contributed by atoms with van der Waals surface area (Å²) in [4.78, 5) is 0. The number of hydrogen-bond acceptors (Lipinski definition) is 2. The van der Waals surface area contributed by atoms with Gasteiger partial charge in [0, 0.05) is 6.04 Å². The molecule has 2 heteroatoms. The SMILES string of the molecule is CCCC(NCC)c1cccc(OCC)c1. The predicted octanol–water partition coefficient (Wildman–Crippen LogP) is 3.54. The molecule has 0 aliphatic rings. The summed E-state index contributed by atoms with van der Waals surface area (Å²) in [6.45, 7) is 8.11. The molecule has 0 amide bonds. The molecule has 0 saturated heterocycles. The summed E-state index contributed by atoms with van der Waals surface area (Å²) in [5.74, 6) is 0.971. The predicted molar refractivity (Wildman–Crippen MR) is 68.9 cm³/mol. The minimum absolute atomic E-state index is 0.454. The Morgan fingerprint density at radius 1 is 1.25 bits per heavy atom. The van der Waals surface area contributed by atoms with Crippen molar-refractivity contribution in [1.29, 1.82) is 0 Å². The fourth-order valence-electron chi connectivity index (χ4n) is 1.91. The van der Waals surface area contributed by atoms with E-state index in [-0.39, 0.29) is 0 Å². The minimum Gasteiger partial charge on any atom is -0.494 e. The van der Waals surface area contributed by atoms with Crippen LogP contribution in [0.1, 0.15) is 45.2 Å². The van der Waals surface area contributed by atoms with Crippen molar-refractivity contribution in [2.45, 2.75) is 39.7 Å². The first-order valence-corrected chi connectivity index (χ1v) is 6.27. The van der Waals surface area contributed by atoms with E-state index >= 15 is 0 Å². The van der Waals surface area contributed by atoms with Crippen LogP contribution in [-0.4, -0.2) is 13.2 Å². The highest BCUT2D eigenvalue weighted by Gasteiger charge is 2.09. The lowest BCUT2D eigenvalue weighted by molar-refractivity contribution is 0.339. The lowest BCUT2D eigenvalue weighted by Gasteiger charge is -2.18. The molecule has 1 unspecified atom stereocenters. The molecule has 0 heterocycles. The molecule has 1 aromatic carbocycles. The van der Waals surface area contributed by atoms with Gasteiger partial charge in [0.15, 0.2) is 0 Å². The first-order chi connectivity index (χ1) is 7.81. The summed E-state index contributed by atoms with van der Waals surface area (Å²) in [5, 5.41) is 3.51. The van der Waals surface area contributed by atoms with Crippen LogP contribution in [0.25, 0.3) is 0 Å². The molecule has 0 aliphatic carbocycles. The third-order valence-corrected chi connectivity index (χ3v) is 2.60. The van der Waals surface area contributed by atoms with Gasteiger partial charge in [-0.25, -0.2) is 0 Å². The minimum atomic E-state index is 0.454. The number of benzene rings is 1. The van der Waals surface area contributed by atoms with Gasteiger partial charge < -0.3 is 10.1 Å². The number of ether oxygens (including phenoxy) is 1. The van der Waals surface area contributed by atoms with Gasteiger partial charge in [-0.05, 0) is 37.6 Å². The van der Waals surface area contributed by atoms with Gasteiger partial charge in [-0.15, -0.1) is 0 Å². The zero-order valence-corrected chi connectivity index (χ0v) is 10.6. The van der Waals surface area contributed by atoms with Crippen LogP contribution >= 0.6 is 0 Å². The third kappa shape index (κ3) is 3.86. The fraction of sp³-hybridized carbons (Fsp3) is 0.571. The zero-order valence-electron chi connectivity index (χ0n) is 10.6. The highest BCUT2D eigenvalue weighted by molar-refractivity contribution is 5.30. The Morgan fingerprint density at radius 3 is 2.69 bits per heavy atom. The highest BCUT2D eigenvalue weighted by Crippen LogP contribution is 2.22. The summed E-state index contributed by atoms with van der Waals surface area (Å²) >= 11 is 0. The van der Waals surface area contributed by atoms with Crippen molar-refractivity contribution in [3.05, 3.63) is 29.8 Å². The molecule has 0 saturated carbocycles. The standard InChI is InChI=1S/C14H23NO/c1-4-8-14(15-5-2)12-9-7-10-13(11-12)16-6-3/h7,9-11,14-15H,4-6,8H2,1-3H3. The molecule has 2 nitrogen and oxygen atoms in total. The summed E-state index contributed by atoms with van der Waals surface area (Å²) in [5.41, 5.74) is 1.33. The van der Waals surface area contributed by atoms with Crippen LogP contribution in [0.4, 0.5) is 0 Å². The first-order valence-electron chi connectivity index (χ1n) is 6.27. The van der Waals surface area contributed by atoms with Gasteiger partial charge in [0.1, 0.15) is 5.75 Å². The molecule has 1 aromatic rings. The van der Waals surface area contributed by atoms with Gasteiger partial charge >= 0.3 is 0 Å². The zero-order chi connectivity index (χ0) is 11.8. The van der Waals surface area contributed by atoms with Crippen LogP contribution in [-0.2, 0) is 0 Å². The summed E-state index contributed by atoms with van der Waals surface area (Å²) in [6.07, 6.45) is 2.36. The molecule has 0 radical (unpaired) electrons. The molecule has 0 bridgehead atoms. The quantitative estimate of drug-likeness (QED) is 0.760. The van der Waals surface area contributed by atoms with E-state index in [4.69, 9.17) is 4.74 Å². The van der Waals surface area contributed by atoms with Gasteiger partial charge in [0.05, 0.1) is 6.61 Å². The molecule has 1 rings (SSSR count). The molecular weight excluding hydrogens is 198 g/mol. The molecule has 16 heavy (non-hydrogen) atoms. The molecule has 0 aromatic heterocycles. The average molecular weight is 221 g/mol. The molecule has 0 fully saturated rings. The van der Waals surface area contributed by atoms with E-state index < -0.39 is 0 Å². The molecule has 0 spiro atoms. The molecule has 1 N–H and O–H groups in total. The lowest BCUT2D eigenvalue weighted by Crippen LogP contribution is -2.20. The van der Waals surface area contributed by atoms with Crippen molar-refractivity contribution < 1.29 is 4.74 Å². The van der Waals surface area contributed by atoms with Gasteiger partial charge in [0.2, 0.25) is 0 Å². The van der Waals surface area contributed by atoms with Crippen molar-refractivity contribution in [1.82, 2.24) is 5.32 Å². The van der Waals surface area contributed by atoms with Gasteiger partial charge in [0.25, 0.3) is 0 Å². The van der Waals surface area contributed by atoms with Crippen molar-refractivity contribution in [2.75, 3.05) is 13.2 Å². The van der Waals surface area contributed by atoms with Crippen molar-refractivity contribution in [3.63, 3.8) is 0 Å². The molecule has 90 valence electrons. The van der Waals surface area contributed by atoms with E-state index in [0.717, 1.165) is 18.9 Å².